The van der Waals surface area contributed by atoms with Crippen LogP contribution in [0.5, 0.6) is 0 Å². The van der Waals surface area contributed by atoms with Crippen LogP contribution in [0.4, 0.5) is 8.78 Å². The number of rotatable bonds is 6. The van der Waals surface area contributed by atoms with Gasteiger partial charge >= 0.3 is 0 Å². The van der Waals surface area contributed by atoms with E-state index in [9.17, 15) is 8.78 Å². The van der Waals surface area contributed by atoms with Gasteiger partial charge in [-0.3, -0.25) is 4.90 Å². The van der Waals surface area contributed by atoms with Gasteiger partial charge in [-0.2, -0.15) is 0 Å². The molecule has 1 N–H and O–H groups in total. The van der Waals surface area contributed by atoms with Crippen molar-refractivity contribution in [2.24, 2.45) is 0 Å². The molecule has 0 bridgehead atoms. The van der Waals surface area contributed by atoms with Crippen molar-refractivity contribution in [3.05, 3.63) is 71.3 Å². The molecule has 0 saturated carbocycles. The Morgan fingerprint density at radius 2 is 1.54 bits per heavy atom. The normalized spacial score (nSPS) is 18.0. The van der Waals surface area contributed by atoms with Gasteiger partial charge in [-0.25, -0.2) is 8.78 Å². The van der Waals surface area contributed by atoms with E-state index in [1.165, 1.54) is 25.0 Å². The summed E-state index contributed by atoms with van der Waals surface area (Å²) in [5.41, 5.74) is 1.89. The van der Waals surface area contributed by atoms with Gasteiger partial charge in [0.15, 0.2) is 0 Å². The molecule has 1 aliphatic rings. The second-order valence-electron chi connectivity index (χ2n) is 6.58. The third-order valence-electron chi connectivity index (χ3n) is 4.48. The molecule has 24 heavy (non-hydrogen) atoms. The van der Waals surface area contributed by atoms with Crippen molar-refractivity contribution in [3.8, 4) is 0 Å². The minimum absolute atomic E-state index is 0.214. The van der Waals surface area contributed by atoms with Gasteiger partial charge in [0, 0.05) is 25.7 Å². The molecule has 0 aromatic heterocycles. The van der Waals surface area contributed by atoms with E-state index in [4.69, 9.17) is 0 Å². The molecule has 1 saturated heterocycles. The lowest BCUT2D eigenvalue weighted by molar-refractivity contribution is 0.209. The number of nitrogens with zero attached hydrogens (tertiary/aromatic N) is 1. The maximum Gasteiger partial charge on any atom is 0.123 e. The summed E-state index contributed by atoms with van der Waals surface area (Å²) < 4.78 is 27.0. The first-order valence-electron chi connectivity index (χ1n) is 8.64. The number of nitrogens with one attached hydrogen (secondary N) is 1. The summed E-state index contributed by atoms with van der Waals surface area (Å²) in [6, 6.07) is 13.9. The third kappa shape index (κ3) is 5.11. The Kier molecular flexibility index (Phi) is 5.94. The van der Waals surface area contributed by atoms with E-state index in [1.807, 2.05) is 12.1 Å². The maximum atomic E-state index is 13.5. The average molecular weight is 330 g/mol. The van der Waals surface area contributed by atoms with Crippen molar-refractivity contribution in [2.45, 2.75) is 38.4 Å². The molecule has 0 radical (unpaired) electrons. The lowest BCUT2D eigenvalue weighted by atomic mass is 10.0. The Bertz CT molecular complexity index is 606. The SMILES string of the molecule is Fc1cccc(CN(Cc2cccc(F)c2)CC2CCCCN2)c1. The second-order valence-corrected chi connectivity index (χ2v) is 6.58. The van der Waals surface area contributed by atoms with Crippen molar-refractivity contribution in [2.75, 3.05) is 13.1 Å². The Morgan fingerprint density at radius 3 is 2.04 bits per heavy atom. The van der Waals surface area contributed by atoms with Crippen LogP contribution in [0.2, 0.25) is 0 Å². The summed E-state index contributed by atoms with van der Waals surface area (Å²) in [7, 11) is 0. The summed E-state index contributed by atoms with van der Waals surface area (Å²) in [4.78, 5) is 2.27. The molecule has 1 fully saturated rings. The monoisotopic (exact) mass is 330 g/mol. The molecular weight excluding hydrogens is 306 g/mol. The zero-order valence-electron chi connectivity index (χ0n) is 13.8. The molecule has 1 aliphatic heterocycles. The number of hydrogen-bond donors (Lipinski definition) is 1. The first-order chi connectivity index (χ1) is 11.7. The Morgan fingerprint density at radius 1 is 0.917 bits per heavy atom. The van der Waals surface area contributed by atoms with Crippen LogP contribution in [0.15, 0.2) is 48.5 Å². The van der Waals surface area contributed by atoms with E-state index in [1.54, 1.807) is 24.3 Å². The fourth-order valence-corrected chi connectivity index (χ4v) is 3.36. The van der Waals surface area contributed by atoms with E-state index >= 15 is 0 Å². The summed E-state index contributed by atoms with van der Waals surface area (Å²) in [5, 5.41) is 3.55. The molecule has 0 amide bonds. The second kappa shape index (κ2) is 8.36. The number of piperidine rings is 1. The molecule has 2 nitrogen and oxygen atoms in total. The van der Waals surface area contributed by atoms with Crippen molar-refractivity contribution in [1.29, 1.82) is 0 Å². The smallest absolute Gasteiger partial charge is 0.123 e. The summed E-state index contributed by atoms with van der Waals surface area (Å²) in [6.07, 6.45) is 3.62. The van der Waals surface area contributed by atoms with Crippen molar-refractivity contribution in [3.63, 3.8) is 0 Å². The van der Waals surface area contributed by atoms with Crippen LogP contribution in [-0.4, -0.2) is 24.0 Å². The molecule has 1 unspecified atom stereocenters. The number of hydrogen-bond acceptors (Lipinski definition) is 2. The highest BCUT2D eigenvalue weighted by atomic mass is 19.1. The molecule has 128 valence electrons. The zero-order chi connectivity index (χ0) is 16.8. The summed E-state index contributed by atoms with van der Waals surface area (Å²) >= 11 is 0. The fraction of sp³-hybridized carbons (Fsp3) is 0.400. The lowest BCUT2D eigenvalue weighted by Crippen LogP contribution is -2.43. The van der Waals surface area contributed by atoms with Gasteiger partial charge in [0.05, 0.1) is 0 Å². The standard InChI is InChI=1S/C20H24F2N2/c21-18-7-3-5-16(11-18)13-24(15-20-9-1-2-10-23-20)14-17-6-4-8-19(22)12-17/h3-8,11-12,20,23H,1-2,9-10,13-15H2. The van der Waals surface area contributed by atoms with Crippen molar-refractivity contribution < 1.29 is 8.78 Å². The molecular formula is C20H24F2N2. The Labute approximate surface area is 142 Å². The van der Waals surface area contributed by atoms with Crippen LogP contribution < -0.4 is 5.32 Å². The van der Waals surface area contributed by atoms with Crippen molar-refractivity contribution >= 4 is 0 Å². The number of halogens is 2. The summed E-state index contributed by atoms with van der Waals surface area (Å²) in [6.45, 7) is 3.25. The van der Waals surface area contributed by atoms with Crippen LogP contribution in [0, 0.1) is 11.6 Å². The van der Waals surface area contributed by atoms with E-state index < -0.39 is 0 Å². The first-order valence-corrected chi connectivity index (χ1v) is 8.64. The molecule has 0 spiro atoms. The van der Waals surface area contributed by atoms with E-state index in [-0.39, 0.29) is 11.6 Å². The predicted molar refractivity (Wildman–Crippen MR) is 92.6 cm³/mol. The molecule has 4 heteroatoms. The molecule has 2 aromatic rings. The van der Waals surface area contributed by atoms with Crippen LogP contribution in [0.25, 0.3) is 0 Å². The van der Waals surface area contributed by atoms with Crippen LogP contribution in [0.3, 0.4) is 0 Å². The van der Waals surface area contributed by atoms with Crippen LogP contribution in [-0.2, 0) is 13.1 Å². The van der Waals surface area contributed by atoms with Crippen LogP contribution in [0.1, 0.15) is 30.4 Å². The highest BCUT2D eigenvalue weighted by Gasteiger charge is 2.17. The zero-order valence-corrected chi connectivity index (χ0v) is 13.8. The molecule has 1 heterocycles. The van der Waals surface area contributed by atoms with Gasteiger partial charge in [0.2, 0.25) is 0 Å². The first kappa shape index (κ1) is 17.1. The number of benzene rings is 2. The topological polar surface area (TPSA) is 15.3 Å². The lowest BCUT2D eigenvalue weighted by Gasteiger charge is -2.31. The highest BCUT2D eigenvalue weighted by molar-refractivity contribution is 5.18. The fourth-order valence-electron chi connectivity index (χ4n) is 3.36. The van der Waals surface area contributed by atoms with E-state index in [0.717, 1.165) is 30.6 Å². The van der Waals surface area contributed by atoms with Gasteiger partial charge in [-0.15, -0.1) is 0 Å². The quantitative estimate of drug-likeness (QED) is 0.857. The molecule has 0 aliphatic carbocycles. The highest BCUT2D eigenvalue weighted by Crippen LogP contribution is 2.15. The Hall–Kier alpha value is -1.78. The average Bonchev–Trinajstić information content (AvgIpc) is 2.56. The van der Waals surface area contributed by atoms with Gasteiger partial charge in [-0.1, -0.05) is 30.7 Å². The minimum atomic E-state index is -0.214. The van der Waals surface area contributed by atoms with Crippen molar-refractivity contribution in [1.82, 2.24) is 10.2 Å². The maximum absolute atomic E-state index is 13.5. The van der Waals surface area contributed by atoms with Gasteiger partial charge < -0.3 is 5.32 Å². The van der Waals surface area contributed by atoms with E-state index in [0.29, 0.717) is 19.1 Å². The molecule has 3 rings (SSSR count). The van der Waals surface area contributed by atoms with E-state index in [2.05, 4.69) is 10.2 Å². The van der Waals surface area contributed by atoms with Crippen LogP contribution >= 0.6 is 0 Å². The molecule has 1 atom stereocenters. The summed E-state index contributed by atoms with van der Waals surface area (Å²) in [5.74, 6) is -0.428. The van der Waals surface area contributed by atoms with Gasteiger partial charge in [0.1, 0.15) is 11.6 Å². The van der Waals surface area contributed by atoms with Gasteiger partial charge in [0.25, 0.3) is 0 Å². The predicted octanol–water partition coefficient (Wildman–Crippen LogP) is 4.11. The van der Waals surface area contributed by atoms with Gasteiger partial charge in [-0.05, 0) is 54.8 Å². The largest absolute Gasteiger partial charge is 0.313 e. The third-order valence-corrected chi connectivity index (χ3v) is 4.48. The Balaban J connectivity index is 1.71. The minimum Gasteiger partial charge on any atom is -0.313 e. The molecule has 2 aromatic carbocycles.